The predicted molar refractivity (Wildman–Crippen MR) is 82.3 cm³/mol. The maximum Gasteiger partial charge on any atom is 0.0206 e. The van der Waals surface area contributed by atoms with E-state index in [9.17, 15) is 0 Å². The third-order valence-electron chi connectivity index (χ3n) is 2.59. The van der Waals surface area contributed by atoms with Crippen LogP contribution in [0.1, 0.15) is 19.4 Å². The van der Waals surface area contributed by atoms with Crippen LogP contribution in [0.4, 0.5) is 0 Å². The summed E-state index contributed by atoms with van der Waals surface area (Å²) in [4.78, 5) is 3.60. The second kappa shape index (κ2) is 8.57. The largest absolute Gasteiger partial charge is 0.312 e. The zero-order chi connectivity index (χ0) is 13.4. The Balaban J connectivity index is 2.36. The minimum Gasteiger partial charge on any atom is -0.312 e. The van der Waals surface area contributed by atoms with Gasteiger partial charge in [-0.05, 0) is 44.3 Å². The fourth-order valence-corrected chi connectivity index (χ4v) is 2.70. The molecule has 0 radical (unpaired) electrons. The molecule has 0 bridgehead atoms. The summed E-state index contributed by atoms with van der Waals surface area (Å²) in [7, 11) is 4.24. The Morgan fingerprint density at radius 2 is 2.06 bits per heavy atom. The van der Waals surface area contributed by atoms with Crippen LogP contribution in [-0.2, 0) is 6.54 Å². The van der Waals surface area contributed by atoms with Gasteiger partial charge >= 0.3 is 0 Å². The molecule has 0 atom stereocenters. The van der Waals surface area contributed by atoms with E-state index in [1.54, 1.807) is 0 Å². The van der Waals surface area contributed by atoms with Gasteiger partial charge < -0.3 is 10.2 Å². The van der Waals surface area contributed by atoms with Gasteiger partial charge in [0.25, 0.3) is 0 Å². The molecule has 102 valence electrons. The molecule has 0 aliphatic heterocycles. The topological polar surface area (TPSA) is 15.3 Å². The Bertz CT molecular complexity index is 308. The molecule has 0 aliphatic carbocycles. The molecular formula is C15H26N2S. The van der Waals surface area contributed by atoms with Gasteiger partial charge in [0, 0.05) is 23.7 Å². The van der Waals surface area contributed by atoms with Crippen molar-refractivity contribution < 1.29 is 0 Å². The van der Waals surface area contributed by atoms with Crippen molar-refractivity contribution in [2.75, 3.05) is 32.9 Å². The van der Waals surface area contributed by atoms with Crippen molar-refractivity contribution in [3.05, 3.63) is 29.8 Å². The highest BCUT2D eigenvalue weighted by atomic mass is 32.2. The van der Waals surface area contributed by atoms with Crippen LogP contribution in [0.3, 0.4) is 0 Å². The van der Waals surface area contributed by atoms with Crippen molar-refractivity contribution in [3.63, 3.8) is 0 Å². The molecule has 0 spiro atoms. The van der Waals surface area contributed by atoms with Crippen LogP contribution in [0.25, 0.3) is 0 Å². The maximum atomic E-state index is 3.49. The molecule has 1 N–H and O–H groups in total. The lowest BCUT2D eigenvalue weighted by Gasteiger charge is -2.10. The Kier molecular flexibility index (Phi) is 7.40. The lowest BCUT2D eigenvalue weighted by molar-refractivity contribution is 0.437. The monoisotopic (exact) mass is 266 g/mol. The summed E-state index contributed by atoms with van der Waals surface area (Å²) < 4.78 is 0. The van der Waals surface area contributed by atoms with Gasteiger partial charge in [-0.25, -0.2) is 0 Å². The Labute approximate surface area is 116 Å². The summed E-state index contributed by atoms with van der Waals surface area (Å²) in [5, 5.41) is 3.49. The van der Waals surface area contributed by atoms with Gasteiger partial charge in [-0.1, -0.05) is 26.0 Å². The van der Waals surface area contributed by atoms with Crippen molar-refractivity contribution >= 4 is 11.8 Å². The standard InChI is InChI=1S/C15H26N2S/c1-13(2)11-16-12-14-6-5-7-15(10-14)18-9-8-17(3)4/h5-7,10,13,16H,8-9,11-12H2,1-4H3. The van der Waals surface area contributed by atoms with Crippen molar-refractivity contribution in [2.45, 2.75) is 25.3 Å². The Hall–Kier alpha value is -0.510. The fraction of sp³-hybridized carbons (Fsp3) is 0.600. The van der Waals surface area contributed by atoms with Crippen molar-refractivity contribution in [2.24, 2.45) is 5.92 Å². The zero-order valence-corrected chi connectivity index (χ0v) is 12.9. The van der Waals surface area contributed by atoms with Crippen LogP contribution < -0.4 is 5.32 Å². The van der Waals surface area contributed by atoms with Crippen LogP contribution in [0.2, 0.25) is 0 Å². The second-order valence-electron chi connectivity index (χ2n) is 5.32. The van der Waals surface area contributed by atoms with E-state index in [0.29, 0.717) is 5.92 Å². The Morgan fingerprint density at radius 3 is 2.72 bits per heavy atom. The van der Waals surface area contributed by atoms with Gasteiger partial charge in [0.2, 0.25) is 0 Å². The van der Waals surface area contributed by atoms with E-state index in [-0.39, 0.29) is 0 Å². The third kappa shape index (κ3) is 7.04. The fourth-order valence-electron chi connectivity index (χ4n) is 1.60. The first kappa shape index (κ1) is 15.5. The first-order chi connectivity index (χ1) is 8.58. The summed E-state index contributed by atoms with van der Waals surface area (Å²) >= 11 is 1.93. The number of nitrogens with one attached hydrogen (secondary N) is 1. The molecule has 0 heterocycles. The molecule has 0 aliphatic rings. The first-order valence-corrected chi connectivity index (χ1v) is 7.63. The molecule has 2 nitrogen and oxygen atoms in total. The number of thioether (sulfide) groups is 1. The van der Waals surface area contributed by atoms with E-state index in [2.05, 4.69) is 62.4 Å². The molecule has 1 rings (SSSR count). The molecule has 1 aromatic carbocycles. The lowest BCUT2D eigenvalue weighted by atomic mass is 10.2. The Morgan fingerprint density at radius 1 is 1.28 bits per heavy atom. The number of hydrogen-bond acceptors (Lipinski definition) is 3. The smallest absolute Gasteiger partial charge is 0.0206 e. The summed E-state index contributed by atoms with van der Waals surface area (Å²) in [6, 6.07) is 8.85. The quantitative estimate of drug-likeness (QED) is 0.728. The molecule has 0 fully saturated rings. The van der Waals surface area contributed by atoms with E-state index in [4.69, 9.17) is 0 Å². The van der Waals surface area contributed by atoms with Crippen LogP contribution >= 0.6 is 11.8 Å². The van der Waals surface area contributed by atoms with Gasteiger partial charge in [0.05, 0.1) is 0 Å². The lowest BCUT2D eigenvalue weighted by Crippen LogP contribution is -2.18. The molecule has 1 aromatic rings. The van der Waals surface area contributed by atoms with E-state index in [1.165, 1.54) is 10.5 Å². The molecule has 18 heavy (non-hydrogen) atoms. The van der Waals surface area contributed by atoms with Crippen molar-refractivity contribution in [1.82, 2.24) is 10.2 Å². The van der Waals surface area contributed by atoms with Crippen molar-refractivity contribution in [1.29, 1.82) is 0 Å². The normalized spacial score (nSPS) is 11.4. The number of nitrogens with zero attached hydrogens (tertiary/aromatic N) is 1. The van der Waals surface area contributed by atoms with E-state index in [1.807, 2.05) is 11.8 Å². The SMILES string of the molecule is CC(C)CNCc1cccc(SCCN(C)C)c1. The van der Waals surface area contributed by atoms with Gasteiger partial charge in [-0.15, -0.1) is 11.8 Å². The molecular weight excluding hydrogens is 240 g/mol. The maximum absolute atomic E-state index is 3.49. The molecule has 3 heteroatoms. The summed E-state index contributed by atoms with van der Waals surface area (Å²) in [6.45, 7) is 7.65. The summed E-state index contributed by atoms with van der Waals surface area (Å²) in [6.07, 6.45) is 0. The highest BCUT2D eigenvalue weighted by Crippen LogP contribution is 2.19. The number of benzene rings is 1. The van der Waals surface area contributed by atoms with Gasteiger partial charge in [0.15, 0.2) is 0 Å². The minimum absolute atomic E-state index is 0.711. The first-order valence-electron chi connectivity index (χ1n) is 6.65. The third-order valence-corrected chi connectivity index (χ3v) is 3.56. The van der Waals surface area contributed by atoms with E-state index >= 15 is 0 Å². The van der Waals surface area contributed by atoms with Crippen LogP contribution in [0.5, 0.6) is 0 Å². The summed E-state index contributed by atoms with van der Waals surface area (Å²) in [5.74, 6) is 1.86. The minimum atomic E-state index is 0.711. The average molecular weight is 266 g/mol. The molecule has 0 unspecified atom stereocenters. The van der Waals surface area contributed by atoms with Gasteiger partial charge in [-0.2, -0.15) is 0 Å². The van der Waals surface area contributed by atoms with Gasteiger partial charge in [0.1, 0.15) is 0 Å². The van der Waals surface area contributed by atoms with Crippen LogP contribution in [0.15, 0.2) is 29.2 Å². The molecule has 0 saturated carbocycles. The van der Waals surface area contributed by atoms with E-state index in [0.717, 1.165) is 25.4 Å². The number of rotatable bonds is 8. The second-order valence-corrected chi connectivity index (χ2v) is 6.49. The molecule has 0 aromatic heterocycles. The zero-order valence-electron chi connectivity index (χ0n) is 12.1. The highest BCUT2D eigenvalue weighted by Gasteiger charge is 1.99. The highest BCUT2D eigenvalue weighted by molar-refractivity contribution is 7.99. The predicted octanol–water partition coefficient (Wildman–Crippen LogP) is 3.09. The van der Waals surface area contributed by atoms with Crippen LogP contribution in [-0.4, -0.2) is 37.8 Å². The molecule has 0 saturated heterocycles. The van der Waals surface area contributed by atoms with Gasteiger partial charge in [-0.3, -0.25) is 0 Å². The molecule has 0 amide bonds. The summed E-state index contributed by atoms with van der Waals surface area (Å²) in [5.41, 5.74) is 1.38. The number of hydrogen-bond donors (Lipinski definition) is 1. The van der Waals surface area contributed by atoms with Crippen LogP contribution in [0, 0.1) is 5.92 Å². The van der Waals surface area contributed by atoms with E-state index < -0.39 is 0 Å². The van der Waals surface area contributed by atoms with Crippen molar-refractivity contribution in [3.8, 4) is 0 Å². The average Bonchev–Trinajstić information content (AvgIpc) is 2.28.